The van der Waals surface area contributed by atoms with Crippen molar-refractivity contribution in [2.45, 2.75) is 25.7 Å². The van der Waals surface area contributed by atoms with E-state index in [0.717, 1.165) is 53.6 Å². The van der Waals surface area contributed by atoms with E-state index in [1.807, 2.05) is 18.5 Å². The number of fused-ring (bicyclic) bond motifs is 1. The predicted octanol–water partition coefficient (Wildman–Crippen LogP) is 5.05. The quantitative estimate of drug-likeness (QED) is 0.353. The highest BCUT2D eigenvalue weighted by Gasteiger charge is 2.30. The van der Waals surface area contributed by atoms with Gasteiger partial charge in [0.2, 0.25) is 5.91 Å². The molecule has 176 valence electrons. The summed E-state index contributed by atoms with van der Waals surface area (Å²) in [4.78, 5) is 23.4. The molecule has 1 amide bonds. The highest BCUT2D eigenvalue weighted by atomic mass is 16.2. The second-order valence-electron chi connectivity index (χ2n) is 9.25. The summed E-state index contributed by atoms with van der Waals surface area (Å²) >= 11 is 0. The molecule has 3 N–H and O–H groups in total. The molecule has 35 heavy (non-hydrogen) atoms. The zero-order valence-corrected chi connectivity index (χ0v) is 19.4. The minimum atomic E-state index is 0.0458. The molecule has 0 spiro atoms. The van der Waals surface area contributed by atoms with Crippen molar-refractivity contribution in [2.75, 3.05) is 28.6 Å². The van der Waals surface area contributed by atoms with Crippen LogP contribution in [0.5, 0.6) is 0 Å². The highest BCUT2D eigenvalue weighted by molar-refractivity contribution is 5.99. The number of nitrogens with zero attached hydrogens (tertiary/aromatic N) is 4. The van der Waals surface area contributed by atoms with E-state index in [4.69, 9.17) is 0 Å². The Kier molecular flexibility index (Phi) is 5.41. The van der Waals surface area contributed by atoms with Crippen molar-refractivity contribution in [2.24, 2.45) is 5.92 Å². The lowest BCUT2D eigenvalue weighted by Crippen LogP contribution is -2.17. The van der Waals surface area contributed by atoms with Gasteiger partial charge in [0.05, 0.1) is 40.7 Å². The van der Waals surface area contributed by atoms with Gasteiger partial charge in [-0.25, -0.2) is 0 Å². The van der Waals surface area contributed by atoms with Crippen LogP contribution in [0, 0.1) is 5.92 Å². The first-order chi connectivity index (χ1) is 17.2. The molecular weight excluding hydrogens is 438 g/mol. The molecule has 1 saturated heterocycles. The third-order valence-corrected chi connectivity index (χ3v) is 6.69. The van der Waals surface area contributed by atoms with Crippen molar-refractivity contribution in [3.05, 3.63) is 67.4 Å². The summed E-state index contributed by atoms with van der Waals surface area (Å²) < 4.78 is 0. The molecule has 0 radical (unpaired) electrons. The maximum absolute atomic E-state index is 12.3. The first-order valence-electron chi connectivity index (χ1n) is 12.1. The number of pyridine rings is 2. The normalized spacial score (nSPS) is 15.4. The van der Waals surface area contributed by atoms with Crippen LogP contribution in [0.3, 0.4) is 0 Å². The van der Waals surface area contributed by atoms with E-state index in [0.29, 0.717) is 22.8 Å². The number of aromatic nitrogens is 4. The molecule has 0 atom stereocenters. The van der Waals surface area contributed by atoms with Crippen LogP contribution in [0.25, 0.3) is 27.7 Å². The van der Waals surface area contributed by atoms with Crippen molar-refractivity contribution in [1.82, 2.24) is 20.2 Å². The van der Waals surface area contributed by atoms with E-state index in [1.54, 1.807) is 18.5 Å². The van der Waals surface area contributed by atoms with Gasteiger partial charge in [-0.3, -0.25) is 19.9 Å². The molecule has 1 aliphatic heterocycles. The summed E-state index contributed by atoms with van der Waals surface area (Å²) in [6.07, 6.45) is 11.5. The first-order valence-corrected chi connectivity index (χ1v) is 12.1. The van der Waals surface area contributed by atoms with E-state index in [1.165, 1.54) is 12.8 Å². The summed E-state index contributed by atoms with van der Waals surface area (Å²) in [6, 6.07) is 10.2. The standard InChI is InChI=1S/C27H27N7O/c1-17(30-25-16-28-9-8-24(25)31-27(35)18-4-5-18)26-22-13-19(6-7-23(22)32-33-26)20-12-21(15-29-14-20)34-10-2-3-11-34/h6-9,12-16,18,30H,1-5,10-11H2,(H,32,33)(H,28,31,35). The molecule has 3 aromatic heterocycles. The van der Waals surface area contributed by atoms with Crippen LogP contribution < -0.4 is 15.5 Å². The number of hydrogen-bond acceptors (Lipinski definition) is 6. The van der Waals surface area contributed by atoms with Crippen molar-refractivity contribution in [3.8, 4) is 11.1 Å². The molecule has 2 fully saturated rings. The number of anilines is 3. The van der Waals surface area contributed by atoms with Crippen molar-refractivity contribution < 1.29 is 4.79 Å². The van der Waals surface area contributed by atoms with Gasteiger partial charge in [-0.1, -0.05) is 12.6 Å². The summed E-state index contributed by atoms with van der Waals surface area (Å²) in [5, 5.41) is 14.9. The van der Waals surface area contributed by atoms with Gasteiger partial charge in [0.15, 0.2) is 0 Å². The van der Waals surface area contributed by atoms with Gasteiger partial charge < -0.3 is 15.5 Å². The smallest absolute Gasteiger partial charge is 0.227 e. The Morgan fingerprint density at radius 2 is 1.83 bits per heavy atom. The zero-order chi connectivity index (χ0) is 23.8. The molecule has 1 aromatic carbocycles. The number of amides is 1. The van der Waals surface area contributed by atoms with Crippen LogP contribution in [0.4, 0.5) is 17.1 Å². The second-order valence-corrected chi connectivity index (χ2v) is 9.25. The van der Waals surface area contributed by atoms with Crippen LogP contribution in [0.2, 0.25) is 0 Å². The lowest BCUT2D eigenvalue weighted by molar-refractivity contribution is -0.117. The lowest BCUT2D eigenvalue weighted by atomic mass is 10.0. The number of nitrogens with one attached hydrogen (secondary N) is 3. The molecule has 0 unspecified atom stereocenters. The number of H-pyrrole nitrogens is 1. The van der Waals surface area contributed by atoms with Crippen LogP contribution >= 0.6 is 0 Å². The molecule has 1 aliphatic carbocycles. The van der Waals surface area contributed by atoms with Crippen molar-refractivity contribution in [3.63, 3.8) is 0 Å². The van der Waals surface area contributed by atoms with E-state index in [-0.39, 0.29) is 11.8 Å². The molecule has 0 bridgehead atoms. The maximum atomic E-state index is 12.3. The Bertz CT molecular complexity index is 1420. The maximum Gasteiger partial charge on any atom is 0.227 e. The fourth-order valence-electron chi connectivity index (χ4n) is 4.56. The Labute approximate surface area is 203 Å². The van der Waals surface area contributed by atoms with Gasteiger partial charge in [-0.05, 0) is 55.5 Å². The minimum Gasteiger partial charge on any atom is -0.370 e. The van der Waals surface area contributed by atoms with Crippen LogP contribution in [0.1, 0.15) is 31.4 Å². The summed E-state index contributed by atoms with van der Waals surface area (Å²) in [5.74, 6) is 0.163. The van der Waals surface area contributed by atoms with E-state index in [9.17, 15) is 4.79 Å². The average molecular weight is 466 g/mol. The monoisotopic (exact) mass is 465 g/mol. The number of rotatable bonds is 7. The molecule has 4 heterocycles. The Morgan fingerprint density at radius 1 is 0.971 bits per heavy atom. The summed E-state index contributed by atoms with van der Waals surface area (Å²) in [7, 11) is 0. The van der Waals surface area contributed by atoms with Gasteiger partial charge in [-0.2, -0.15) is 5.10 Å². The SMILES string of the molecule is C=C(Nc1cnccc1NC(=O)C1CC1)c1n[nH]c2ccc(-c3cncc(N4CCCC4)c3)cc12. The molecule has 6 rings (SSSR count). The lowest BCUT2D eigenvalue weighted by Gasteiger charge is -2.17. The number of hydrogen-bond donors (Lipinski definition) is 3. The van der Waals surface area contributed by atoms with E-state index >= 15 is 0 Å². The van der Waals surface area contributed by atoms with Gasteiger partial charge in [0.1, 0.15) is 5.69 Å². The number of aromatic amines is 1. The Balaban J connectivity index is 1.27. The fraction of sp³-hybridized carbons (Fsp3) is 0.259. The predicted molar refractivity (Wildman–Crippen MR) is 139 cm³/mol. The van der Waals surface area contributed by atoms with Crippen LogP contribution in [0.15, 0.2) is 61.7 Å². The largest absolute Gasteiger partial charge is 0.370 e. The van der Waals surface area contributed by atoms with Crippen molar-refractivity contribution >= 4 is 39.6 Å². The Morgan fingerprint density at radius 3 is 2.66 bits per heavy atom. The van der Waals surface area contributed by atoms with Gasteiger partial charge in [-0.15, -0.1) is 0 Å². The van der Waals surface area contributed by atoms with E-state index in [2.05, 4.69) is 60.5 Å². The number of carbonyl (C=O) groups excluding carboxylic acids is 1. The molecule has 1 saturated carbocycles. The van der Waals surface area contributed by atoms with Crippen LogP contribution in [-0.2, 0) is 4.79 Å². The molecule has 8 heteroatoms. The zero-order valence-electron chi connectivity index (χ0n) is 19.4. The third kappa shape index (κ3) is 4.35. The molecule has 8 nitrogen and oxygen atoms in total. The summed E-state index contributed by atoms with van der Waals surface area (Å²) in [6.45, 7) is 6.39. The van der Waals surface area contributed by atoms with Crippen molar-refractivity contribution in [1.29, 1.82) is 0 Å². The third-order valence-electron chi connectivity index (χ3n) is 6.69. The highest BCUT2D eigenvalue weighted by Crippen LogP contribution is 2.33. The number of carbonyl (C=O) groups is 1. The van der Waals surface area contributed by atoms with Crippen LogP contribution in [-0.4, -0.2) is 39.2 Å². The van der Waals surface area contributed by atoms with Gasteiger partial charge in [0, 0.05) is 42.4 Å². The first kappa shape index (κ1) is 21.3. The Hall–Kier alpha value is -4.20. The topological polar surface area (TPSA) is 98.8 Å². The average Bonchev–Trinajstić information content (AvgIpc) is 3.42. The number of benzene rings is 1. The summed E-state index contributed by atoms with van der Waals surface area (Å²) in [5.41, 5.74) is 6.92. The molecular formula is C27H27N7O. The molecule has 4 aromatic rings. The van der Waals surface area contributed by atoms with Gasteiger partial charge in [0.25, 0.3) is 0 Å². The fourth-order valence-corrected chi connectivity index (χ4v) is 4.56. The second kappa shape index (κ2) is 8.87. The van der Waals surface area contributed by atoms with Gasteiger partial charge >= 0.3 is 0 Å². The minimum absolute atomic E-state index is 0.0458. The molecule has 2 aliphatic rings. The van der Waals surface area contributed by atoms with E-state index < -0.39 is 0 Å².